The van der Waals surface area contributed by atoms with Crippen molar-refractivity contribution in [2.75, 3.05) is 13.7 Å². The van der Waals surface area contributed by atoms with Crippen molar-refractivity contribution >= 4 is 46.8 Å². The van der Waals surface area contributed by atoms with Crippen LogP contribution in [0.3, 0.4) is 0 Å². The number of benzene rings is 2. The third kappa shape index (κ3) is 4.11. The lowest BCUT2D eigenvalue weighted by Crippen LogP contribution is -2.37. The Morgan fingerprint density at radius 3 is 2.00 bits per heavy atom. The van der Waals surface area contributed by atoms with Gasteiger partial charge in [-0.1, -0.05) is 23.2 Å². The first kappa shape index (κ1) is 20.8. The van der Waals surface area contributed by atoms with E-state index >= 15 is 0 Å². The summed E-state index contributed by atoms with van der Waals surface area (Å²) < 4.78 is 10.1. The number of nitrogens with zero attached hydrogens (tertiary/aromatic N) is 1. The zero-order valence-corrected chi connectivity index (χ0v) is 16.9. The molecule has 3 rings (SSSR count). The molecule has 0 spiro atoms. The highest BCUT2D eigenvalue weighted by molar-refractivity contribution is 6.43. The fourth-order valence-corrected chi connectivity index (χ4v) is 3.16. The van der Waals surface area contributed by atoms with Gasteiger partial charge in [-0.2, -0.15) is 0 Å². The minimum absolute atomic E-state index is 0.0551. The molecule has 0 bridgehead atoms. The molecule has 0 fully saturated rings. The number of ether oxygens (including phenoxy) is 2. The monoisotopic (exact) mass is 435 g/mol. The Morgan fingerprint density at radius 2 is 1.52 bits per heavy atom. The van der Waals surface area contributed by atoms with Crippen molar-refractivity contribution < 1.29 is 28.7 Å². The smallest absolute Gasteiger partial charge is 0.326 e. The molecule has 7 nitrogen and oxygen atoms in total. The number of hydrogen-bond acceptors (Lipinski definition) is 6. The lowest BCUT2D eigenvalue weighted by molar-refractivity contribution is -0.146. The van der Waals surface area contributed by atoms with Crippen LogP contribution in [0.5, 0.6) is 5.75 Å². The molecule has 2 aromatic carbocycles. The second-order valence-electron chi connectivity index (χ2n) is 6.23. The van der Waals surface area contributed by atoms with E-state index in [4.69, 9.17) is 32.7 Å². The van der Waals surface area contributed by atoms with Crippen molar-refractivity contribution in [1.82, 2.24) is 4.90 Å². The van der Waals surface area contributed by atoms with Crippen LogP contribution in [-0.4, -0.2) is 48.2 Å². The Morgan fingerprint density at radius 1 is 1.00 bits per heavy atom. The van der Waals surface area contributed by atoms with Gasteiger partial charge in [-0.05, 0) is 43.3 Å². The molecule has 0 N–H and O–H groups in total. The fraction of sp³-hybridized carbons (Fsp3) is 0.200. The van der Waals surface area contributed by atoms with Crippen LogP contribution in [0.25, 0.3) is 0 Å². The number of imide groups is 1. The summed E-state index contributed by atoms with van der Waals surface area (Å²) >= 11 is 11.8. The normalized spacial score (nSPS) is 13.9. The molecule has 1 heterocycles. The standard InChI is InChI=1S/C20H15Cl2NO6/c1-10(18(25)11-3-5-12(28-2)6-4-11)29-17(24)9-23-19(26)13-7-15(21)16(22)8-14(13)20(23)27/h3-8,10H,9H2,1-2H3. The predicted molar refractivity (Wildman–Crippen MR) is 105 cm³/mol. The maximum atomic E-state index is 12.4. The van der Waals surface area contributed by atoms with Crippen molar-refractivity contribution in [3.63, 3.8) is 0 Å². The number of Topliss-reactive ketones (excluding diaryl/α,β-unsaturated/α-hetero) is 1. The average molecular weight is 436 g/mol. The van der Waals surface area contributed by atoms with Crippen molar-refractivity contribution in [2.24, 2.45) is 0 Å². The van der Waals surface area contributed by atoms with Crippen LogP contribution in [0.15, 0.2) is 36.4 Å². The molecule has 0 saturated carbocycles. The Kier molecular flexibility index (Phi) is 5.91. The number of hydrogen-bond donors (Lipinski definition) is 0. The first-order valence-electron chi connectivity index (χ1n) is 8.46. The van der Waals surface area contributed by atoms with Crippen molar-refractivity contribution in [2.45, 2.75) is 13.0 Å². The topological polar surface area (TPSA) is 90.0 Å². The van der Waals surface area contributed by atoms with Gasteiger partial charge in [0.1, 0.15) is 12.3 Å². The van der Waals surface area contributed by atoms with Crippen LogP contribution < -0.4 is 4.74 Å². The van der Waals surface area contributed by atoms with E-state index in [1.807, 2.05) is 0 Å². The molecule has 29 heavy (non-hydrogen) atoms. The van der Waals surface area contributed by atoms with Gasteiger partial charge < -0.3 is 9.47 Å². The molecule has 1 atom stereocenters. The second kappa shape index (κ2) is 8.23. The molecular formula is C20H15Cl2NO6. The number of carbonyl (C=O) groups is 4. The van der Waals surface area contributed by atoms with E-state index in [2.05, 4.69) is 0 Å². The Balaban J connectivity index is 1.66. The third-order valence-corrected chi connectivity index (χ3v) is 5.07. The van der Waals surface area contributed by atoms with E-state index in [1.165, 1.54) is 26.2 Å². The number of ketones is 1. The average Bonchev–Trinajstić information content (AvgIpc) is 2.92. The second-order valence-corrected chi connectivity index (χ2v) is 7.05. The highest BCUT2D eigenvalue weighted by Crippen LogP contribution is 2.31. The van der Waals surface area contributed by atoms with E-state index in [0.29, 0.717) is 11.3 Å². The lowest BCUT2D eigenvalue weighted by Gasteiger charge is -2.16. The summed E-state index contributed by atoms with van der Waals surface area (Å²) in [6.07, 6.45) is -1.10. The number of methoxy groups -OCH3 is 1. The van der Waals surface area contributed by atoms with Gasteiger partial charge in [0.25, 0.3) is 11.8 Å². The first-order valence-corrected chi connectivity index (χ1v) is 9.21. The maximum absolute atomic E-state index is 12.4. The summed E-state index contributed by atoms with van der Waals surface area (Å²) in [7, 11) is 1.50. The largest absolute Gasteiger partial charge is 0.497 e. The van der Waals surface area contributed by atoms with Crippen LogP contribution >= 0.6 is 23.2 Å². The van der Waals surface area contributed by atoms with Crippen LogP contribution in [-0.2, 0) is 9.53 Å². The quantitative estimate of drug-likeness (QED) is 0.392. The summed E-state index contributed by atoms with van der Waals surface area (Å²) in [5.41, 5.74) is 0.440. The summed E-state index contributed by atoms with van der Waals surface area (Å²) in [5, 5.41) is 0.240. The van der Waals surface area contributed by atoms with E-state index in [-0.39, 0.29) is 21.2 Å². The number of esters is 1. The van der Waals surface area contributed by atoms with E-state index in [0.717, 1.165) is 4.90 Å². The highest BCUT2D eigenvalue weighted by atomic mass is 35.5. The van der Waals surface area contributed by atoms with Crippen LogP contribution in [0.4, 0.5) is 0 Å². The van der Waals surface area contributed by atoms with Gasteiger partial charge in [-0.25, -0.2) is 0 Å². The molecule has 9 heteroatoms. The first-order chi connectivity index (χ1) is 13.7. The van der Waals surface area contributed by atoms with Crippen molar-refractivity contribution in [3.8, 4) is 5.75 Å². The third-order valence-electron chi connectivity index (χ3n) is 4.35. The molecule has 2 amide bonds. The van der Waals surface area contributed by atoms with Gasteiger partial charge in [0.2, 0.25) is 5.78 Å². The number of rotatable bonds is 6. The Bertz CT molecular complexity index is 977. The number of carbonyl (C=O) groups excluding carboxylic acids is 4. The molecule has 0 radical (unpaired) electrons. The molecule has 0 saturated heterocycles. The van der Waals surface area contributed by atoms with E-state index in [1.54, 1.807) is 24.3 Å². The fourth-order valence-electron chi connectivity index (χ4n) is 2.83. The summed E-state index contributed by atoms with van der Waals surface area (Å²) in [4.78, 5) is 50.2. The minimum atomic E-state index is -1.10. The molecule has 1 aliphatic rings. The van der Waals surface area contributed by atoms with Crippen LogP contribution in [0.2, 0.25) is 10.0 Å². The summed E-state index contributed by atoms with van der Waals surface area (Å²) in [6, 6.07) is 8.86. The summed E-state index contributed by atoms with van der Waals surface area (Å²) in [6.45, 7) is 0.772. The zero-order chi connectivity index (χ0) is 21.3. The van der Waals surface area contributed by atoms with Crippen molar-refractivity contribution in [1.29, 1.82) is 0 Å². The molecule has 0 aliphatic carbocycles. The lowest BCUT2D eigenvalue weighted by atomic mass is 10.1. The van der Waals surface area contributed by atoms with Crippen LogP contribution in [0.1, 0.15) is 38.0 Å². The Hall–Kier alpha value is -2.90. The van der Waals surface area contributed by atoms with Gasteiger partial charge in [0.15, 0.2) is 6.10 Å². The van der Waals surface area contributed by atoms with Crippen molar-refractivity contribution in [3.05, 3.63) is 63.1 Å². The Labute approximate surface area is 176 Å². The molecule has 1 aliphatic heterocycles. The molecule has 1 unspecified atom stereocenters. The molecule has 0 aromatic heterocycles. The van der Waals surface area contributed by atoms with Crippen LogP contribution in [0, 0.1) is 0 Å². The number of fused-ring (bicyclic) bond motifs is 1. The zero-order valence-electron chi connectivity index (χ0n) is 15.4. The van der Waals surface area contributed by atoms with Gasteiger partial charge in [-0.3, -0.25) is 24.1 Å². The predicted octanol–water partition coefficient (Wildman–Crippen LogP) is 3.41. The van der Waals surface area contributed by atoms with E-state index < -0.39 is 36.2 Å². The van der Waals surface area contributed by atoms with Gasteiger partial charge >= 0.3 is 5.97 Å². The SMILES string of the molecule is COc1ccc(C(=O)C(C)OC(=O)CN2C(=O)c3cc(Cl)c(Cl)cc3C2=O)cc1. The highest BCUT2D eigenvalue weighted by Gasteiger charge is 2.38. The maximum Gasteiger partial charge on any atom is 0.326 e. The van der Waals surface area contributed by atoms with Gasteiger partial charge in [-0.15, -0.1) is 0 Å². The molecule has 150 valence electrons. The van der Waals surface area contributed by atoms with E-state index in [9.17, 15) is 19.2 Å². The van der Waals surface area contributed by atoms with Gasteiger partial charge in [0, 0.05) is 5.56 Å². The number of amides is 2. The minimum Gasteiger partial charge on any atom is -0.497 e. The molecular weight excluding hydrogens is 421 g/mol. The van der Waals surface area contributed by atoms with Gasteiger partial charge in [0.05, 0.1) is 28.3 Å². The number of halogens is 2. The summed E-state index contributed by atoms with van der Waals surface area (Å²) in [5.74, 6) is -2.12. The molecule has 2 aromatic rings.